The number of quaternary nitrogens is 1. The Hall–Kier alpha value is -2.32. The quantitative estimate of drug-likeness (QED) is 0.669. The maximum absolute atomic E-state index is 10.6. The highest BCUT2D eigenvalue weighted by atomic mass is 16.3. The first-order valence-corrected chi connectivity index (χ1v) is 8.57. The number of hydrogen-bond donors (Lipinski definition) is 2. The lowest BCUT2D eigenvalue weighted by molar-refractivity contribution is -0.908. The second-order valence-corrected chi connectivity index (χ2v) is 7.20. The fourth-order valence-corrected chi connectivity index (χ4v) is 4.00. The number of fused-ring (bicyclic) bond motifs is 1. The average molecular weight is 325 g/mol. The van der Waals surface area contributed by atoms with E-state index in [1.807, 2.05) is 35.9 Å². The maximum Gasteiger partial charge on any atom is 0.169 e. The zero-order valence-electron chi connectivity index (χ0n) is 14.6. The minimum Gasteiger partial charge on any atom is -0.506 e. The zero-order chi connectivity index (χ0) is 17.3. The van der Waals surface area contributed by atoms with Crippen LogP contribution in [0.4, 0.5) is 0 Å². The van der Waals surface area contributed by atoms with E-state index < -0.39 is 0 Å². The van der Waals surface area contributed by atoms with E-state index >= 15 is 0 Å². The summed E-state index contributed by atoms with van der Waals surface area (Å²) in [6.07, 6.45) is 1.24. The summed E-state index contributed by atoms with van der Waals surface area (Å²) < 4.78 is 1.88. The van der Waals surface area contributed by atoms with Crippen molar-refractivity contribution in [2.45, 2.75) is 20.3 Å². The van der Waals surface area contributed by atoms with Crippen molar-refractivity contribution in [1.82, 2.24) is 9.55 Å². The second kappa shape index (κ2) is 6.66. The summed E-state index contributed by atoms with van der Waals surface area (Å²) in [5, 5.41) is 20.2. The summed E-state index contributed by atoms with van der Waals surface area (Å²) in [5.74, 6) is 1.98. The SMILES string of the molecule is C[C@@H]1C[C@@H](C)C[NH+](C/C(O)=C(\C#N)c2nc3ccccc3n2C)C1. The summed E-state index contributed by atoms with van der Waals surface area (Å²) in [4.78, 5) is 5.88. The van der Waals surface area contributed by atoms with E-state index in [2.05, 4.69) is 24.9 Å². The van der Waals surface area contributed by atoms with Gasteiger partial charge in [-0.3, -0.25) is 0 Å². The summed E-state index contributed by atoms with van der Waals surface area (Å²) in [7, 11) is 1.88. The number of allylic oxidation sites excluding steroid dienone is 1. The molecule has 1 saturated heterocycles. The maximum atomic E-state index is 10.6. The standard InChI is InChI=1S/C19H24N4O/c1-13-8-14(2)11-23(10-13)12-18(24)15(9-20)19-21-16-6-4-5-7-17(16)22(19)3/h4-7,13-14,24H,8,10-12H2,1-3H3/p+1/b18-15-/t13-,14-/m1/s1. The number of piperidine rings is 1. The minimum atomic E-state index is 0.146. The zero-order valence-corrected chi connectivity index (χ0v) is 14.6. The highest BCUT2D eigenvalue weighted by Crippen LogP contribution is 2.21. The van der Waals surface area contributed by atoms with E-state index in [1.165, 1.54) is 11.3 Å². The molecule has 0 aliphatic carbocycles. The number of nitrogens with zero attached hydrogens (tertiary/aromatic N) is 3. The molecular formula is C19H25N4O+. The summed E-state index contributed by atoms with van der Waals surface area (Å²) in [6.45, 7) is 7.08. The number of hydrogen-bond acceptors (Lipinski definition) is 3. The molecule has 0 saturated carbocycles. The van der Waals surface area contributed by atoms with E-state index in [0.717, 1.165) is 24.1 Å². The number of nitrogens with one attached hydrogen (secondary N) is 1. The van der Waals surface area contributed by atoms with Gasteiger partial charge in [0.1, 0.15) is 18.2 Å². The van der Waals surface area contributed by atoms with Crippen LogP contribution < -0.4 is 4.90 Å². The molecule has 2 N–H and O–H groups in total. The van der Waals surface area contributed by atoms with Gasteiger partial charge in [0.2, 0.25) is 0 Å². The van der Waals surface area contributed by atoms with Gasteiger partial charge in [-0.15, -0.1) is 0 Å². The van der Waals surface area contributed by atoms with Crippen molar-refractivity contribution in [2.75, 3.05) is 19.6 Å². The van der Waals surface area contributed by atoms with E-state index in [-0.39, 0.29) is 11.3 Å². The predicted octanol–water partition coefficient (Wildman–Crippen LogP) is 1.93. The molecule has 126 valence electrons. The van der Waals surface area contributed by atoms with Crippen LogP contribution in [0.5, 0.6) is 0 Å². The van der Waals surface area contributed by atoms with Gasteiger partial charge in [-0.05, 0) is 18.6 Å². The smallest absolute Gasteiger partial charge is 0.169 e. The van der Waals surface area contributed by atoms with Crippen molar-refractivity contribution in [3.63, 3.8) is 0 Å². The molecule has 1 fully saturated rings. The Morgan fingerprint density at radius 3 is 2.62 bits per heavy atom. The molecule has 2 heterocycles. The van der Waals surface area contributed by atoms with Gasteiger partial charge >= 0.3 is 0 Å². The minimum absolute atomic E-state index is 0.146. The van der Waals surface area contributed by atoms with Crippen LogP contribution in [-0.4, -0.2) is 34.3 Å². The molecule has 1 aromatic carbocycles. The molecule has 2 atom stereocenters. The van der Waals surface area contributed by atoms with Crippen molar-refractivity contribution in [3.8, 4) is 6.07 Å². The molecule has 1 aromatic heterocycles. The van der Waals surface area contributed by atoms with Crippen LogP contribution in [0, 0.1) is 23.2 Å². The second-order valence-electron chi connectivity index (χ2n) is 7.20. The molecule has 1 aliphatic rings. The van der Waals surface area contributed by atoms with Gasteiger partial charge in [-0.25, -0.2) is 4.98 Å². The predicted molar refractivity (Wildman–Crippen MR) is 94.4 cm³/mol. The normalized spacial score (nSPS) is 25.3. The summed E-state index contributed by atoms with van der Waals surface area (Å²) in [6, 6.07) is 9.93. The van der Waals surface area contributed by atoms with Crippen molar-refractivity contribution in [1.29, 1.82) is 5.26 Å². The number of aromatic nitrogens is 2. The monoisotopic (exact) mass is 325 g/mol. The highest BCUT2D eigenvalue weighted by molar-refractivity contribution is 5.83. The van der Waals surface area contributed by atoms with Gasteiger partial charge in [-0.2, -0.15) is 5.26 Å². The van der Waals surface area contributed by atoms with Crippen LogP contribution in [0.1, 0.15) is 26.1 Å². The first-order chi connectivity index (χ1) is 11.5. The molecule has 5 heteroatoms. The number of rotatable bonds is 3. The average Bonchev–Trinajstić information content (AvgIpc) is 2.84. The molecule has 2 aromatic rings. The Morgan fingerprint density at radius 2 is 2.00 bits per heavy atom. The largest absolute Gasteiger partial charge is 0.506 e. The molecule has 5 nitrogen and oxygen atoms in total. The number of imidazole rings is 1. The molecule has 24 heavy (non-hydrogen) atoms. The molecule has 3 rings (SSSR count). The van der Waals surface area contributed by atoms with Crippen LogP contribution in [0.2, 0.25) is 0 Å². The van der Waals surface area contributed by atoms with Crippen LogP contribution in [0.15, 0.2) is 30.0 Å². The van der Waals surface area contributed by atoms with Gasteiger partial charge < -0.3 is 14.6 Å². The van der Waals surface area contributed by atoms with Crippen LogP contribution in [0.25, 0.3) is 16.6 Å². The fraction of sp³-hybridized carbons (Fsp3) is 0.474. The van der Waals surface area contributed by atoms with Crippen LogP contribution >= 0.6 is 0 Å². The molecule has 0 radical (unpaired) electrons. The van der Waals surface area contributed by atoms with Gasteiger partial charge in [0.05, 0.1) is 24.1 Å². The van der Waals surface area contributed by atoms with Gasteiger partial charge in [0.15, 0.2) is 11.6 Å². The van der Waals surface area contributed by atoms with Crippen molar-refractivity contribution >= 4 is 16.6 Å². The molecule has 0 bridgehead atoms. The number of aryl methyl sites for hydroxylation is 1. The third-order valence-corrected chi connectivity index (χ3v) is 4.91. The van der Waals surface area contributed by atoms with E-state index in [0.29, 0.717) is 24.2 Å². The number of nitriles is 1. The van der Waals surface area contributed by atoms with Crippen molar-refractivity contribution in [3.05, 3.63) is 35.8 Å². The lowest BCUT2D eigenvalue weighted by Crippen LogP contribution is -3.14. The Bertz CT molecular complexity index is 804. The lowest BCUT2D eigenvalue weighted by Gasteiger charge is -2.31. The van der Waals surface area contributed by atoms with E-state index in [4.69, 9.17) is 0 Å². The van der Waals surface area contributed by atoms with Gasteiger partial charge in [0.25, 0.3) is 0 Å². The third kappa shape index (κ3) is 3.15. The Morgan fingerprint density at radius 1 is 1.33 bits per heavy atom. The van der Waals surface area contributed by atoms with Crippen LogP contribution in [-0.2, 0) is 7.05 Å². The highest BCUT2D eigenvalue weighted by Gasteiger charge is 2.27. The fourth-order valence-electron chi connectivity index (χ4n) is 4.00. The summed E-state index contributed by atoms with van der Waals surface area (Å²) in [5.41, 5.74) is 2.08. The molecular weight excluding hydrogens is 300 g/mol. The Kier molecular flexibility index (Phi) is 4.59. The molecule has 1 aliphatic heterocycles. The van der Waals surface area contributed by atoms with Gasteiger partial charge in [-0.1, -0.05) is 26.0 Å². The Balaban J connectivity index is 1.92. The van der Waals surface area contributed by atoms with Crippen LogP contribution in [0.3, 0.4) is 0 Å². The van der Waals surface area contributed by atoms with Gasteiger partial charge in [0, 0.05) is 18.9 Å². The number of aliphatic hydroxyl groups is 1. The van der Waals surface area contributed by atoms with E-state index in [9.17, 15) is 10.4 Å². The third-order valence-electron chi connectivity index (χ3n) is 4.91. The first-order valence-electron chi connectivity index (χ1n) is 8.57. The topological polar surface area (TPSA) is 66.3 Å². The number of para-hydroxylation sites is 2. The molecule has 0 unspecified atom stereocenters. The van der Waals surface area contributed by atoms with E-state index in [1.54, 1.807) is 0 Å². The van der Waals surface area contributed by atoms with Crippen molar-refractivity contribution in [2.24, 2.45) is 18.9 Å². The van der Waals surface area contributed by atoms with Crippen molar-refractivity contribution < 1.29 is 10.0 Å². The number of benzene rings is 1. The Labute approximate surface area is 142 Å². The lowest BCUT2D eigenvalue weighted by atomic mass is 9.92. The molecule has 0 spiro atoms. The summed E-state index contributed by atoms with van der Waals surface area (Å²) >= 11 is 0. The number of aliphatic hydroxyl groups excluding tert-OH is 1. The first kappa shape index (κ1) is 16.5. The number of likely N-dealkylation sites (tertiary alicyclic amines) is 1. The molecule has 0 amide bonds.